The number of nitrogens with zero attached hydrogens (tertiary/aromatic N) is 2. The van der Waals surface area contributed by atoms with Crippen LogP contribution in [-0.4, -0.2) is 22.4 Å². The van der Waals surface area contributed by atoms with Crippen molar-refractivity contribution >= 4 is 17.2 Å². The number of nitrogens with one attached hydrogen (secondary N) is 1. The number of imidazole rings is 1. The largest absolute Gasteiger partial charge is 0.497 e. The van der Waals surface area contributed by atoms with E-state index in [0.29, 0.717) is 12.8 Å². The number of aryl methyl sites for hydroxylation is 2. The molecular formula is C18H19N3O2. The van der Waals surface area contributed by atoms with E-state index >= 15 is 0 Å². The number of fused-ring (bicyclic) bond motifs is 1. The first-order chi connectivity index (χ1) is 11.2. The zero-order valence-corrected chi connectivity index (χ0v) is 13.2. The maximum absolute atomic E-state index is 12.2. The highest BCUT2D eigenvalue weighted by atomic mass is 16.5. The Bertz CT molecular complexity index is 822. The summed E-state index contributed by atoms with van der Waals surface area (Å²) in [5.74, 6) is 0.800. The number of methoxy groups -OCH3 is 1. The van der Waals surface area contributed by atoms with E-state index in [1.54, 1.807) is 7.11 Å². The van der Waals surface area contributed by atoms with E-state index < -0.39 is 0 Å². The average molecular weight is 309 g/mol. The van der Waals surface area contributed by atoms with E-state index in [9.17, 15) is 4.79 Å². The lowest BCUT2D eigenvalue weighted by molar-refractivity contribution is -0.116. The van der Waals surface area contributed by atoms with Crippen molar-refractivity contribution in [3.63, 3.8) is 0 Å². The average Bonchev–Trinajstić information content (AvgIpc) is 2.95. The minimum Gasteiger partial charge on any atom is -0.497 e. The lowest BCUT2D eigenvalue weighted by atomic mass is 10.1. The summed E-state index contributed by atoms with van der Waals surface area (Å²) in [6, 6.07) is 11.5. The van der Waals surface area contributed by atoms with Gasteiger partial charge in [-0.15, -0.1) is 0 Å². The van der Waals surface area contributed by atoms with Crippen LogP contribution >= 0.6 is 0 Å². The zero-order chi connectivity index (χ0) is 16.2. The number of amides is 1. The minimum atomic E-state index is -0.0189. The van der Waals surface area contributed by atoms with E-state index in [1.165, 1.54) is 0 Å². The van der Waals surface area contributed by atoms with Crippen molar-refractivity contribution in [2.45, 2.75) is 19.8 Å². The molecule has 0 fully saturated rings. The Morgan fingerprint density at radius 3 is 2.78 bits per heavy atom. The molecule has 2 aromatic heterocycles. The predicted octanol–water partition coefficient (Wildman–Crippen LogP) is 3.22. The highest BCUT2D eigenvalue weighted by Gasteiger charge is 2.08. The molecule has 1 amide bonds. The number of aromatic nitrogens is 2. The van der Waals surface area contributed by atoms with Crippen LogP contribution in [0.4, 0.5) is 5.69 Å². The molecule has 5 nitrogen and oxygen atoms in total. The highest BCUT2D eigenvalue weighted by Crippen LogP contribution is 2.17. The Morgan fingerprint density at radius 1 is 1.26 bits per heavy atom. The molecule has 0 aliphatic rings. The van der Waals surface area contributed by atoms with Gasteiger partial charge in [-0.1, -0.05) is 12.1 Å². The monoisotopic (exact) mass is 309 g/mol. The number of rotatable bonds is 5. The van der Waals surface area contributed by atoms with Crippen LogP contribution in [-0.2, 0) is 11.2 Å². The molecule has 118 valence electrons. The van der Waals surface area contributed by atoms with Gasteiger partial charge in [-0.25, -0.2) is 4.98 Å². The van der Waals surface area contributed by atoms with Gasteiger partial charge in [-0.2, -0.15) is 0 Å². The van der Waals surface area contributed by atoms with Gasteiger partial charge in [0.25, 0.3) is 0 Å². The van der Waals surface area contributed by atoms with Crippen LogP contribution in [0.5, 0.6) is 5.75 Å². The van der Waals surface area contributed by atoms with Crippen molar-refractivity contribution in [1.29, 1.82) is 0 Å². The number of carbonyl (C=O) groups excluding carboxylic acids is 1. The molecule has 3 aromatic rings. The van der Waals surface area contributed by atoms with Crippen LogP contribution in [0.1, 0.15) is 17.7 Å². The normalized spacial score (nSPS) is 10.7. The molecule has 0 aliphatic carbocycles. The molecule has 2 heterocycles. The van der Waals surface area contributed by atoms with Gasteiger partial charge in [0.2, 0.25) is 5.91 Å². The van der Waals surface area contributed by atoms with Gasteiger partial charge in [0.05, 0.1) is 18.5 Å². The van der Waals surface area contributed by atoms with Crippen LogP contribution in [0.3, 0.4) is 0 Å². The molecule has 0 radical (unpaired) electrons. The number of ether oxygens (including phenoxy) is 1. The zero-order valence-electron chi connectivity index (χ0n) is 13.2. The molecule has 3 rings (SSSR count). The first kappa shape index (κ1) is 15.1. The molecular weight excluding hydrogens is 290 g/mol. The lowest BCUT2D eigenvalue weighted by Crippen LogP contribution is -2.13. The Morgan fingerprint density at radius 2 is 2.04 bits per heavy atom. The van der Waals surface area contributed by atoms with Gasteiger partial charge < -0.3 is 14.5 Å². The molecule has 0 spiro atoms. The quantitative estimate of drug-likeness (QED) is 0.787. The number of hydrogen-bond acceptors (Lipinski definition) is 3. The van der Waals surface area contributed by atoms with Crippen LogP contribution in [0, 0.1) is 6.92 Å². The van der Waals surface area contributed by atoms with Crippen LogP contribution in [0.2, 0.25) is 0 Å². The second-order valence-electron chi connectivity index (χ2n) is 5.43. The third-order valence-corrected chi connectivity index (χ3v) is 3.68. The molecule has 5 heteroatoms. The van der Waals surface area contributed by atoms with Gasteiger partial charge in [-0.3, -0.25) is 4.79 Å². The summed E-state index contributed by atoms with van der Waals surface area (Å²) in [4.78, 5) is 16.6. The second kappa shape index (κ2) is 6.52. The summed E-state index contributed by atoms with van der Waals surface area (Å²) in [5, 5.41) is 2.94. The third-order valence-electron chi connectivity index (χ3n) is 3.68. The van der Waals surface area contributed by atoms with Crippen LogP contribution < -0.4 is 10.1 Å². The molecule has 0 atom stereocenters. The SMILES string of the molecule is COc1ccc(CCC(=O)Nc2cccn3cc(C)nc23)cc1. The summed E-state index contributed by atoms with van der Waals surface area (Å²) >= 11 is 0. The number of anilines is 1. The van der Waals surface area contributed by atoms with Crippen molar-refractivity contribution in [2.75, 3.05) is 12.4 Å². The lowest BCUT2D eigenvalue weighted by Gasteiger charge is -2.07. The number of carbonyl (C=O) groups is 1. The third kappa shape index (κ3) is 3.51. The predicted molar refractivity (Wildman–Crippen MR) is 89.9 cm³/mol. The summed E-state index contributed by atoms with van der Waals surface area (Å²) in [5.41, 5.74) is 3.53. The molecule has 0 saturated heterocycles. The van der Waals surface area contributed by atoms with Crippen molar-refractivity contribution in [2.24, 2.45) is 0 Å². The van der Waals surface area contributed by atoms with Gasteiger partial charge in [0.1, 0.15) is 5.75 Å². The smallest absolute Gasteiger partial charge is 0.224 e. The van der Waals surface area contributed by atoms with Gasteiger partial charge in [0.15, 0.2) is 5.65 Å². The van der Waals surface area contributed by atoms with Crippen molar-refractivity contribution < 1.29 is 9.53 Å². The van der Waals surface area contributed by atoms with E-state index in [1.807, 2.05) is 60.1 Å². The highest BCUT2D eigenvalue weighted by molar-refractivity contribution is 5.94. The van der Waals surface area contributed by atoms with E-state index in [4.69, 9.17) is 4.74 Å². The topological polar surface area (TPSA) is 55.6 Å². The van der Waals surface area contributed by atoms with E-state index in [-0.39, 0.29) is 5.91 Å². The fourth-order valence-corrected chi connectivity index (χ4v) is 2.50. The maximum Gasteiger partial charge on any atom is 0.224 e. The Labute approximate surface area is 134 Å². The molecule has 1 aromatic carbocycles. The minimum absolute atomic E-state index is 0.0189. The van der Waals surface area contributed by atoms with E-state index in [0.717, 1.165) is 28.3 Å². The summed E-state index contributed by atoms with van der Waals surface area (Å²) in [7, 11) is 1.64. The molecule has 0 saturated carbocycles. The van der Waals surface area contributed by atoms with E-state index in [2.05, 4.69) is 10.3 Å². The first-order valence-electron chi connectivity index (χ1n) is 7.53. The molecule has 0 aliphatic heterocycles. The first-order valence-corrected chi connectivity index (χ1v) is 7.53. The standard InChI is InChI=1S/C18H19N3O2/c1-13-12-21-11-3-4-16(18(21)19-13)20-17(22)10-7-14-5-8-15(23-2)9-6-14/h3-6,8-9,11-12H,7,10H2,1-2H3,(H,20,22). The van der Waals surface area contributed by atoms with Gasteiger partial charge in [-0.05, 0) is 43.2 Å². The summed E-state index contributed by atoms with van der Waals surface area (Å²) in [6.45, 7) is 1.93. The number of benzene rings is 1. The van der Waals surface area contributed by atoms with Gasteiger partial charge in [0, 0.05) is 18.8 Å². The van der Waals surface area contributed by atoms with Crippen molar-refractivity contribution in [1.82, 2.24) is 9.38 Å². The summed E-state index contributed by atoms with van der Waals surface area (Å²) < 4.78 is 7.04. The fourth-order valence-electron chi connectivity index (χ4n) is 2.50. The van der Waals surface area contributed by atoms with Crippen LogP contribution in [0.15, 0.2) is 48.8 Å². The van der Waals surface area contributed by atoms with Gasteiger partial charge >= 0.3 is 0 Å². The fraction of sp³-hybridized carbons (Fsp3) is 0.222. The van der Waals surface area contributed by atoms with Crippen LogP contribution in [0.25, 0.3) is 5.65 Å². The molecule has 0 unspecified atom stereocenters. The molecule has 1 N–H and O–H groups in total. The Kier molecular flexibility index (Phi) is 4.28. The Balaban J connectivity index is 1.64. The summed E-state index contributed by atoms with van der Waals surface area (Å²) in [6.07, 6.45) is 4.96. The second-order valence-corrected chi connectivity index (χ2v) is 5.43. The number of hydrogen-bond donors (Lipinski definition) is 1. The number of pyridine rings is 1. The Hall–Kier alpha value is -2.82. The molecule has 23 heavy (non-hydrogen) atoms. The van der Waals surface area contributed by atoms with Crippen molar-refractivity contribution in [3.8, 4) is 5.75 Å². The maximum atomic E-state index is 12.2. The molecule has 0 bridgehead atoms. The van der Waals surface area contributed by atoms with Crippen molar-refractivity contribution in [3.05, 3.63) is 60.0 Å².